The van der Waals surface area contributed by atoms with E-state index in [1.807, 2.05) is 13.0 Å². The van der Waals surface area contributed by atoms with Gasteiger partial charge in [-0.05, 0) is 36.5 Å². The van der Waals surface area contributed by atoms with E-state index in [1.165, 1.54) is 11.8 Å². The lowest BCUT2D eigenvalue weighted by molar-refractivity contribution is -0.130. The van der Waals surface area contributed by atoms with E-state index in [1.54, 1.807) is 11.0 Å². The molecule has 5 nitrogen and oxygen atoms in total. The van der Waals surface area contributed by atoms with Crippen molar-refractivity contribution in [3.63, 3.8) is 0 Å². The minimum atomic E-state index is -2.73. The number of halogens is 3. The van der Waals surface area contributed by atoms with Crippen LogP contribution < -0.4 is 0 Å². The molecule has 31 heavy (non-hydrogen) atoms. The Kier molecular flexibility index (Phi) is 5.75. The maximum atomic E-state index is 15.6. The van der Waals surface area contributed by atoms with Crippen LogP contribution in [0.15, 0.2) is 12.1 Å². The Morgan fingerprint density at radius 1 is 1.16 bits per heavy atom. The Morgan fingerprint density at radius 3 is 2.52 bits per heavy atom. The number of amides is 2. The van der Waals surface area contributed by atoms with E-state index < -0.39 is 11.7 Å². The van der Waals surface area contributed by atoms with Gasteiger partial charge in [-0.3, -0.25) is 9.59 Å². The molecule has 1 atom stereocenters. The molecule has 1 aromatic carbocycles. The lowest BCUT2D eigenvalue weighted by Crippen LogP contribution is -2.42. The molecule has 0 aliphatic carbocycles. The maximum absolute atomic E-state index is 15.6. The minimum absolute atomic E-state index is 0.0123. The number of carbonyl (C=O) groups is 2. The average Bonchev–Trinajstić information content (AvgIpc) is 3.20. The van der Waals surface area contributed by atoms with Gasteiger partial charge in [0.15, 0.2) is 5.82 Å². The number of hydrogen-bond donors (Lipinski definition) is 1. The van der Waals surface area contributed by atoms with Gasteiger partial charge in [-0.25, -0.2) is 13.2 Å². The summed E-state index contributed by atoms with van der Waals surface area (Å²) >= 11 is 0. The summed E-state index contributed by atoms with van der Waals surface area (Å²) in [6.07, 6.45) is 1.56. The van der Waals surface area contributed by atoms with Gasteiger partial charge in [-0.2, -0.15) is 0 Å². The van der Waals surface area contributed by atoms with Crippen LogP contribution in [0.4, 0.5) is 13.2 Å². The highest BCUT2D eigenvalue weighted by molar-refractivity contribution is 5.99. The number of nitrogens with zero attached hydrogens (tertiary/aromatic N) is 2. The first kappa shape index (κ1) is 21.7. The zero-order valence-electron chi connectivity index (χ0n) is 17.9. The minimum Gasteiger partial charge on any atom is -0.348 e. The number of aromatic nitrogens is 1. The van der Waals surface area contributed by atoms with E-state index in [2.05, 4.69) is 4.98 Å². The van der Waals surface area contributed by atoms with Crippen molar-refractivity contribution in [1.82, 2.24) is 14.8 Å². The van der Waals surface area contributed by atoms with Gasteiger partial charge in [-0.1, -0.05) is 13.0 Å². The second-order valence-corrected chi connectivity index (χ2v) is 8.72. The molecule has 0 radical (unpaired) electrons. The van der Waals surface area contributed by atoms with Gasteiger partial charge in [0.25, 0.3) is 11.8 Å². The van der Waals surface area contributed by atoms with Crippen molar-refractivity contribution in [1.29, 1.82) is 0 Å². The topological polar surface area (TPSA) is 56.4 Å². The molecule has 4 rings (SSSR count). The fourth-order valence-corrected chi connectivity index (χ4v) is 4.78. The Hall–Kier alpha value is -2.51. The summed E-state index contributed by atoms with van der Waals surface area (Å²) in [5, 5.41) is 0.647. The number of nitrogens with one attached hydrogen (secondary N) is 1. The number of aromatic amines is 1. The molecule has 0 bridgehead atoms. The number of H-pyrrole nitrogens is 1. The Morgan fingerprint density at radius 2 is 1.87 bits per heavy atom. The van der Waals surface area contributed by atoms with Gasteiger partial charge in [0.05, 0.1) is 5.52 Å². The zero-order chi connectivity index (χ0) is 22.3. The molecule has 1 N–H and O–H groups in total. The molecular weight excluding hydrogens is 407 g/mol. The summed E-state index contributed by atoms with van der Waals surface area (Å²) in [5.74, 6) is -3.62. The van der Waals surface area contributed by atoms with Crippen molar-refractivity contribution in [3.05, 3.63) is 34.8 Å². The van der Waals surface area contributed by atoms with Crippen molar-refractivity contribution in [2.75, 3.05) is 26.2 Å². The molecule has 3 heterocycles. The van der Waals surface area contributed by atoms with Crippen LogP contribution >= 0.6 is 0 Å². The molecule has 2 aliphatic rings. The molecule has 1 aromatic heterocycles. The molecule has 168 valence electrons. The highest BCUT2D eigenvalue weighted by Crippen LogP contribution is 2.35. The summed E-state index contributed by atoms with van der Waals surface area (Å²) < 4.78 is 42.4. The maximum Gasteiger partial charge on any atom is 0.270 e. The highest BCUT2D eigenvalue weighted by atomic mass is 19.3. The molecule has 2 fully saturated rings. The molecule has 2 saturated heterocycles. The second kappa shape index (κ2) is 8.20. The second-order valence-electron chi connectivity index (χ2n) is 8.72. The van der Waals surface area contributed by atoms with Crippen LogP contribution in [-0.4, -0.2) is 58.7 Å². The number of piperidine rings is 2. The number of hydrogen-bond acceptors (Lipinski definition) is 2. The first-order valence-corrected chi connectivity index (χ1v) is 11.0. The first-order chi connectivity index (χ1) is 14.7. The third-order valence-electron chi connectivity index (χ3n) is 6.67. The van der Waals surface area contributed by atoms with Crippen molar-refractivity contribution in [2.45, 2.75) is 57.8 Å². The van der Waals surface area contributed by atoms with Crippen LogP contribution in [0.25, 0.3) is 10.9 Å². The summed E-state index contributed by atoms with van der Waals surface area (Å²) in [7, 11) is 0. The summed E-state index contributed by atoms with van der Waals surface area (Å²) in [6.45, 7) is 4.64. The highest BCUT2D eigenvalue weighted by Gasteiger charge is 2.36. The smallest absolute Gasteiger partial charge is 0.270 e. The number of benzene rings is 1. The van der Waals surface area contributed by atoms with Gasteiger partial charge >= 0.3 is 0 Å². The van der Waals surface area contributed by atoms with Crippen LogP contribution in [0, 0.1) is 5.82 Å². The van der Waals surface area contributed by atoms with Crippen LogP contribution in [0.2, 0.25) is 0 Å². The molecule has 0 spiro atoms. The fraction of sp³-hybridized carbons (Fsp3) is 0.565. The van der Waals surface area contributed by atoms with Crippen molar-refractivity contribution in [2.24, 2.45) is 0 Å². The van der Waals surface area contributed by atoms with Crippen molar-refractivity contribution < 1.29 is 22.8 Å². The molecule has 2 aromatic rings. The number of rotatable bonds is 3. The van der Waals surface area contributed by atoms with E-state index in [-0.39, 0.29) is 54.9 Å². The van der Waals surface area contributed by atoms with E-state index >= 15 is 4.39 Å². The average molecular weight is 435 g/mol. The van der Waals surface area contributed by atoms with E-state index in [9.17, 15) is 18.4 Å². The van der Waals surface area contributed by atoms with Crippen LogP contribution in [0.3, 0.4) is 0 Å². The molecule has 0 unspecified atom stereocenters. The number of alkyl halides is 2. The lowest BCUT2D eigenvalue weighted by atomic mass is 9.88. The van der Waals surface area contributed by atoms with Crippen molar-refractivity contribution >= 4 is 22.7 Å². The molecular formula is C23H28F3N3O2. The zero-order valence-corrected chi connectivity index (χ0v) is 17.9. The standard InChI is InChI=1S/C23H28F3N3O2/c1-3-15-11-17(16-5-4-8-29(13-16)14(2)30)20(24)21-18(15)12-19(27-21)22(31)28-9-6-23(25,26)7-10-28/h11-12,16,27H,3-10,13H2,1-2H3/t16-/m1/s1. The Balaban J connectivity index is 1.67. The Labute approximate surface area is 179 Å². The van der Waals surface area contributed by atoms with E-state index in [0.717, 1.165) is 18.4 Å². The molecule has 2 aliphatic heterocycles. The first-order valence-electron chi connectivity index (χ1n) is 11.0. The predicted molar refractivity (Wildman–Crippen MR) is 112 cm³/mol. The molecule has 8 heteroatoms. The fourth-order valence-electron chi connectivity index (χ4n) is 4.78. The Bertz CT molecular complexity index is 1010. The van der Waals surface area contributed by atoms with Crippen LogP contribution in [0.1, 0.15) is 67.1 Å². The summed E-state index contributed by atoms with van der Waals surface area (Å²) in [5.41, 5.74) is 1.99. The van der Waals surface area contributed by atoms with Gasteiger partial charge < -0.3 is 14.8 Å². The summed E-state index contributed by atoms with van der Waals surface area (Å²) in [6, 6.07) is 3.49. The number of aryl methyl sites for hydroxylation is 1. The number of likely N-dealkylation sites (tertiary alicyclic amines) is 2. The number of fused-ring (bicyclic) bond motifs is 1. The van der Waals surface area contributed by atoms with Gasteiger partial charge in [0.2, 0.25) is 5.91 Å². The van der Waals surface area contributed by atoms with E-state index in [0.29, 0.717) is 30.5 Å². The normalized spacial score (nSPS) is 21.5. The van der Waals surface area contributed by atoms with Crippen LogP contribution in [0.5, 0.6) is 0 Å². The van der Waals surface area contributed by atoms with Crippen LogP contribution in [-0.2, 0) is 11.2 Å². The number of carbonyl (C=O) groups excluding carboxylic acids is 2. The lowest BCUT2D eigenvalue weighted by Gasteiger charge is -2.32. The van der Waals surface area contributed by atoms with Gasteiger partial charge in [0.1, 0.15) is 5.69 Å². The quantitative estimate of drug-likeness (QED) is 0.774. The summed E-state index contributed by atoms with van der Waals surface area (Å²) in [4.78, 5) is 30.8. The SMILES string of the molecule is CCc1cc([C@@H]2CCCN(C(C)=O)C2)c(F)c2[nH]c(C(=O)N3CCC(F)(F)CC3)cc12. The third kappa shape index (κ3) is 4.16. The van der Waals surface area contributed by atoms with E-state index in [4.69, 9.17) is 0 Å². The molecule has 0 saturated carbocycles. The largest absolute Gasteiger partial charge is 0.348 e. The molecule has 2 amide bonds. The third-order valence-corrected chi connectivity index (χ3v) is 6.67. The predicted octanol–water partition coefficient (Wildman–Crippen LogP) is 4.47. The monoisotopic (exact) mass is 435 g/mol. The van der Waals surface area contributed by atoms with Gasteiger partial charge in [-0.15, -0.1) is 0 Å². The van der Waals surface area contributed by atoms with Gasteiger partial charge in [0, 0.05) is 57.2 Å². The van der Waals surface area contributed by atoms with Crippen molar-refractivity contribution in [3.8, 4) is 0 Å².